The fourth-order valence-corrected chi connectivity index (χ4v) is 5.16. The summed E-state index contributed by atoms with van der Waals surface area (Å²) in [5.41, 5.74) is 4.65. The molecule has 1 saturated heterocycles. The van der Waals surface area contributed by atoms with Crippen LogP contribution in [0.25, 0.3) is 21.3 Å². The average molecular weight is 410 g/mol. The van der Waals surface area contributed by atoms with Gasteiger partial charge >= 0.3 is 0 Å². The van der Waals surface area contributed by atoms with Gasteiger partial charge in [0.1, 0.15) is 11.4 Å². The molecule has 0 bridgehead atoms. The van der Waals surface area contributed by atoms with E-state index in [0.717, 1.165) is 28.8 Å². The summed E-state index contributed by atoms with van der Waals surface area (Å²) in [6.07, 6.45) is 6.20. The van der Waals surface area contributed by atoms with Crippen molar-refractivity contribution in [3.8, 4) is 11.1 Å². The summed E-state index contributed by atoms with van der Waals surface area (Å²) in [5, 5.41) is 2.63. The van der Waals surface area contributed by atoms with Crippen molar-refractivity contribution in [1.82, 2.24) is 14.5 Å². The monoisotopic (exact) mass is 409 g/mol. The molecule has 1 amide bonds. The normalized spacial score (nSPS) is 16.8. The number of thiophene rings is 1. The number of fused-ring (bicyclic) bond motifs is 2. The van der Waals surface area contributed by atoms with Crippen LogP contribution in [0, 0.1) is 0 Å². The van der Waals surface area contributed by atoms with E-state index in [9.17, 15) is 9.59 Å². The Morgan fingerprint density at radius 2 is 1.93 bits per heavy atom. The van der Waals surface area contributed by atoms with E-state index >= 15 is 0 Å². The summed E-state index contributed by atoms with van der Waals surface area (Å²) in [4.78, 5) is 32.7. The van der Waals surface area contributed by atoms with Crippen molar-refractivity contribution in [3.63, 3.8) is 0 Å². The van der Waals surface area contributed by atoms with Gasteiger partial charge in [-0.25, -0.2) is 4.98 Å². The minimum atomic E-state index is -0.148. The van der Waals surface area contributed by atoms with Crippen LogP contribution >= 0.6 is 11.3 Å². The number of benzene rings is 1. The van der Waals surface area contributed by atoms with Crippen LogP contribution in [0.1, 0.15) is 24.0 Å². The third kappa shape index (κ3) is 3.49. The molecule has 0 radical (unpaired) electrons. The van der Waals surface area contributed by atoms with E-state index in [1.54, 1.807) is 4.90 Å². The maximum Gasteiger partial charge on any atom is 0.263 e. The summed E-state index contributed by atoms with van der Waals surface area (Å²) in [7, 11) is 0. The summed E-state index contributed by atoms with van der Waals surface area (Å²) in [6, 6.07) is 6.54. The topological polar surface area (TPSA) is 64.4 Å². The van der Waals surface area contributed by atoms with Crippen molar-refractivity contribution in [2.24, 2.45) is 0 Å². The van der Waals surface area contributed by atoms with Crippen molar-refractivity contribution >= 4 is 27.5 Å². The molecule has 0 spiro atoms. The van der Waals surface area contributed by atoms with Crippen molar-refractivity contribution in [2.45, 2.75) is 32.2 Å². The molecule has 1 fully saturated rings. The molecule has 150 valence electrons. The Hall–Kier alpha value is -2.51. The molecular formula is C22H23N3O3S. The fourth-order valence-electron chi connectivity index (χ4n) is 4.25. The maximum absolute atomic E-state index is 13.2. The molecule has 1 aliphatic carbocycles. The first-order valence-corrected chi connectivity index (χ1v) is 11.0. The first-order chi connectivity index (χ1) is 14.2. The zero-order valence-electron chi connectivity index (χ0n) is 16.2. The second kappa shape index (κ2) is 7.72. The van der Waals surface area contributed by atoms with Crippen LogP contribution in [0.5, 0.6) is 0 Å². The van der Waals surface area contributed by atoms with Crippen LogP contribution in [0.4, 0.5) is 0 Å². The number of amides is 1. The molecule has 5 rings (SSSR count). The van der Waals surface area contributed by atoms with E-state index in [1.165, 1.54) is 46.2 Å². The first kappa shape index (κ1) is 18.5. The van der Waals surface area contributed by atoms with Gasteiger partial charge in [-0.15, -0.1) is 11.3 Å². The molecule has 0 atom stereocenters. The first-order valence-electron chi connectivity index (χ1n) is 10.1. The molecule has 2 aliphatic rings. The smallest absolute Gasteiger partial charge is 0.263 e. The molecule has 0 saturated carbocycles. The molecule has 7 heteroatoms. The Balaban J connectivity index is 1.50. The van der Waals surface area contributed by atoms with Gasteiger partial charge < -0.3 is 9.64 Å². The van der Waals surface area contributed by atoms with E-state index in [1.807, 2.05) is 5.38 Å². The number of ether oxygens (including phenoxy) is 1. The molecule has 6 nitrogen and oxygen atoms in total. The molecule has 29 heavy (non-hydrogen) atoms. The third-order valence-corrected chi connectivity index (χ3v) is 6.78. The van der Waals surface area contributed by atoms with Gasteiger partial charge in [0.25, 0.3) is 5.56 Å². The predicted octanol–water partition coefficient (Wildman–Crippen LogP) is 2.86. The lowest BCUT2D eigenvalue weighted by Crippen LogP contribution is -2.43. The molecule has 2 aromatic heterocycles. The minimum absolute atomic E-state index is 0.0151. The number of rotatable bonds is 3. The standard InChI is InChI=1S/C22H23N3O3S/c26-19(24-7-9-28-10-8-24)12-25-14-23-21-20(22(25)27)18(13-29-21)17-6-5-15-3-1-2-4-16(15)11-17/h5-6,11,13-14H,1-4,7-10,12H2. The second-order valence-corrected chi connectivity index (χ2v) is 8.55. The number of morpholine rings is 1. The Labute approximate surface area is 172 Å². The number of aromatic nitrogens is 2. The average Bonchev–Trinajstić information content (AvgIpc) is 3.21. The zero-order chi connectivity index (χ0) is 19.8. The highest BCUT2D eigenvalue weighted by atomic mass is 32.1. The quantitative estimate of drug-likeness (QED) is 0.667. The highest BCUT2D eigenvalue weighted by molar-refractivity contribution is 7.17. The Morgan fingerprint density at radius 1 is 1.14 bits per heavy atom. The van der Waals surface area contributed by atoms with Crippen molar-refractivity contribution in [2.75, 3.05) is 26.3 Å². The minimum Gasteiger partial charge on any atom is -0.378 e. The SMILES string of the molecule is O=C(Cn1cnc2scc(-c3ccc4c(c3)CCCC4)c2c1=O)N1CCOCC1. The largest absolute Gasteiger partial charge is 0.378 e. The van der Waals surface area contributed by atoms with E-state index in [-0.39, 0.29) is 18.0 Å². The number of nitrogens with zero attached hydrogens (tertiary/aromatic N) is 3. The summed E-state index contributed by atoms with van der Waals surface area (Å²) in [6.45, 7) is 2.25. The second-order valence-electron chi connectivity index (χ2n) is 7.69. The summed E-state index contributed by atoms with van der Waals surface area (Å²) in [5.74, 6) is -0.0675. The molecule has 0 unspecified atom stereocenters. The van der Waals surface area contributed by atoms with E-state index in [4.69, 9.17) is 4.74 Å². The lowest BCUT2D eigenvalue weighted by Gasteiger charge is -2.27. The highest BCUT2D eigenvalue weighted by Gasteiger charge is 2.20. The maximum atomic E-state index is 13.2. The molecule has 3 heterocycles. The Morgan fingerprint density at radius 3 is 2.76 bits per heavy atom. The molecule has 1 aromatic carbocycles. The van der Waals surface area contributed by atoms with Crippen molar-refractivity contribution < 1.29 is 9.53 Å². The number of carbonyl (C=O) groups excluding carboxylic acids is 1. The summed E-state index contributed by atoms with van der Waals surface area (Å²) >= 11 is 1.48. The highest BCUT2D eigenvalue weighted by Crippen LogP contribution is 2.33. The zero-order valence-corrected chi connectivity index (χ0v) is 17.0. The van der Waals surface area contributed by atoms with Crippen LogP contribution in [0.15, 0.2) is 34.7 Å². The predicted molar refractivity (Wildman–Crippen MR) is 113 cm³/mol. The Bertz CT molecular complexity index is 1130. The molecular weight excluding hydrogens is 386 g/mol. The van der Waals surface area contributed by atoms with Crippen LogP contribution in [0.3, 0.4) is 0 Å². The van der Waals surface area contributed by atoms with Gasteiger partial charge in [-0.2, -0.15) is 0 Å². The number of carbonyl (C=O) groups is 1. The number of hydrogen-bond donors (Lipinski definition) is 0. The molecule has 1 aliphatic heterocycles. The lowest BCUT2D eigenvalue weighted by molar-refractivity contribution is -0.135. The van der Waals surface area contributed by atoms with E-state index < -0.39 is 0 Å². The number of aryl methyl sites for hydroxylation is 2. The van der Waals surface area contributed by atoms with E-state index in [0.29, 0.717) is 31.7 Å². The number of hydrogen-bond acceptors (Lipinski definition) is 5. The van der Waals surface area contributed by atoms with Gasteiger partial charge in [-0.1, -0.05) is 18.2 Å². The van der Waals surface area contributed by atoms with E-state index in [2.05, 4.69) is 23.2 Å². The van der Waals surface area contributed by atoms with Crippen LogP contribution in [-0.2, 0) is 28.9 Å². The van der Waals surface area contributed by atoms with Crippen LogP contribution in [0.2, 0.25) is 0 Å². The van der Waals surface area contributed by atoms with Gasteiger partial charge in [0.15, 0.2) is 0 Å². The summed E-state index contributed by atoms with van der Waals surface area (Å²) < 4.78 is 6.74. The van der Waals surface area contributed by atoms with Crippen LogP contribution in [-0.4, -0.2) is 46.7 Å². The fraction of sp³-hybridized carbons (Fsp3) is 0.409. The van der Waals surface area contributed by atoms with Crippen molar-refractivity contribution in [3.05, 3.63) is 51.4 Å². The van der Waals surface area contributed by atoms with Crippen LogP contribution < -0.4 is 5.56 Å². The van der Waals surface area contributed by atoms with Gasteiger partial charge in [0.2, 0.25) is 5.91 Å². The van der Waals surface area contributed by atoms with Gasteiger partial charge in [-0.05, 0) is 42.4 Å². The van der Waals surface area contributed by atoms with Gasteiger partial charge in [0.05, 0.1) is 24.9 Å². The lowest BCUT2D eigenvalue weighted by atomic mass is 9.89. The third-order valence-electron chi connectivity index (χ3n) is 5.89. The Kier molecular flexibility index (Phi) is 4.93. The molecule has 0 N–H and O–H groups in total. The van der Waals surface area contributed by atoms with Gasteiger partial charge in [-0.3, -0.25) is 14.2 Å². The molecule has 3 aromatic rings. The van der Waals surface area contributed by atoms with Crippen molar-refractivity contribution in [1.29, 1.82) is 0 Å². The van der Waals surface area contributed by atoms with Gasteiger partial charge in [0, 0.05) is 24.0 Å².